The summed E-state index contributed by atoms with van der Waals surface area (Å²) in [4.78, 5) is 14.1. The molecule has 0 fully saturated rings. The molecule has 17 heavy (non-hydrogen) atoms. The van der Waals surface area contributed by atoms with E-state index in [1.807, 2.05) is 0 Å². The van der Waals surface area contributed by atoms with E-state index in [9.17, 15) is 18.5 Å². The molecule has 0 unspecified atom stereocenters. The SMILES string of the molecule is CS(=O)(=O)N1CCc2ncc([N+](=O)[O-])cc2C1. The summed E-state index contributed by atoms with van der Waals surface area (Å²) in [7, 11) is -3.27. The maximum absolute atomic E-state index is 11.4. The molecule has 1 aliphatic heterocycles. The van der Waals surface area contributed by atoms with Crippen molar-refractivity contribution < 1.29 is 13.3 Å². The molecule has 2 heterocycles. The molecule has 1 aliphatic rings. The van der Waals surface area contributed by atoms with E-state index in [1.54, 1.807) is 0 Å². The Bertz CT molecular complexity index is 570. The second kappa shape index (κ2) is 4.04. The van der Waals surface area contributed by atoms with Gasteiger partial charge in [-0.2, -0.15) is 4.31 Å². The van der Waals surface area contributed by atoms with Crippen molar-refractivity contribution in [3.05, 3.63) is 33.6 Å². The van der Waals surface area contributed by atoms with Crippen LogP contribution >= 0.6 is 0 Å². The van der Waals surface area contributed by atoms with Gasteiger partial charge in [0.1, 0.15) is 6.20 Å². The van der Waals surface area contributed by atoms with Crippen LogP contribution in [0.25, 0.3) is 0 Å². The second-order valence-electron chi connectivity index (χ2n) is 3.90. The number of sulfonamides is 1. The molecule has 0 bridgehead atoms. The van der Waals surface area contributed by atoms with Gasteiger partial charge in [0.15, 0.2) is 0 Å². The summed E-state index contributed by atoms with van der Waals surface area (Å²) in [6.45, 7) is 0.527. The Morgan fingerprint density at radius 3 is 2.82 bits per heavy atom. The molecule has 0 aromatic carbocycles. The number of rotatable bonds is 2. The molecular weight excluding hydrogens is 246 g/mol. The Balaban J connectivity index is 2.36. The summed E-state index contributed by atoms with van der Waals surface area (Å²) in [6.07, 6.45) is 2.82. The van der Waals surface area contributed by atoms with Crippen LogP contribution in [0.5, 0.6) is 0 Å². The van der Waals surface area contributed by atoms with Gasteiger partial charge < -0.3 is 0 Å². The van der Waals surface area contributed by atoms with Crippen molar-refractivity contribution in [3.8, 4) is 0 Å². The molecule has 0 N–H and O–H groups in total. The third-order valence-electron chi connectivity index (χ3n) is 2.67. The van der Waals surface area contributed by atoms with Crippen molar-refractivity contribution in [2.24, 2.45) is 0 Å². The highest BCUT2D eigenvalue weighted by Crippen LogP contribution is 2.22. The van der Waals surface area contributed by atoms with E-state index < -0.39 is 14.9 Å². The lowest BCUT2D eigenvalue weighted by Crippen LogP contribution is -2.35. The zero-order valence-electron chi connectivity index (χ0n) is 9.16. The average Bonchev–Trinajstić information content (AvgIpc) is 2.26. The van der Waals surface area contributed by atoms with Gasteiger partial charge in [0, 0.05) is 31.3 Å². The molecule has 0 spiro atoms. The van der Waals surface area contributed by atoms with Gasteiger partial charge in [-0.25, -0.2) is 8.42 Å². The fourth-order valence-corrected chi connectivity index (χ4v) is 2.57. The van der Waals surface area contributed by atoms with Gasteiger partial charge in [-0.1, -0.05) is 0 Å². The Labute approximate surface area is 98.3 Å². The van der Waals surface area contributed by atoms with Crippen LogP contribution in [-0.2, 0) is 23.0 Å². The van der Waals surface area contributed by atoms with Gasteiger partial charge in [-0.3, -0.25) is 15.1 Å². The molecule has 8 heteroatoms. The predicted octanol–water partition coefficient (Wildman–Crippen LogP) is 0.307. The van der Waals surface area contributed by atoms with E-state index in [0.29, 0.717) is 18.5 Å². The van der Waals surface area contributed by atoms with Crippen LogP contribution in [0.3, 0.4) is 0 Å². The molecule has 0 radical (unpaired) electrons. The molecule has 0 aliphatic carbocycles. The zero-order chi connectivity index (χ0) is 12.6. The summed E-state index contributed by atoms with van der Waals surface area (Å²) < 4.78 is 24.1. The summed E-state index contributed by atoms with van der Waals surface area (Å²) in [5.41, 5.74) is 1.23. The standard InChI is InChI=1S/C9H11N3O4S/c1-17(15,16)11-3-2-9-7(6-11)4-8(5-10-9)12(13)14/h4-5H,2-3,6H2,1H3. The van der Waals surface area contributed by atoms with E-state index in [4.69, 9.17) is 0 Å². The molecule has 0 saturated heterocycles. The van der Waals surface area contributed by atoms with Gasteiger partial charge in [0.2, 0.25) is 10.0 Å². The van der Waals surface area contributed by atoms with E-state index >= 15 is 0 Å². The van der Waals surface area contributed by atoms with Crippen LogP contribution in [0.1, 0.15) is 11.3 Å². The van der Waals surface area contributed by atoms with Crippen molar-refractivity contribution in [1.82, 2.24) is 9.29 Å². The molecule has 7 nitrogen and oxygen atoms in total. The van der Waals surface area contributed by atoms with Crippen LogP contribution in [0, 0.1) is 10.1 Å². The number of hydrogen-bond donors (Lipinski definition) is 0. The first-order valence-corrected chi connectivity index (χ1v) is 6.80. The monoisotopic (exact) mass is 257 g/mol. The highest BCUT2D eigenvalue weighted by Gasteiger charge is 2.25. The minimum Gasteiger partial charge on any atom is -0.258 e. The average molecular weight is 257 g/mol. The Kier molecular flexibility index (Phi) is 2.84. The van der Waals surface area contributed by atoms with Crippen LogP contribution in [0.2, 0.25) is 0 Å². The second-order valence-corrected chi connectivity index (χ2v) is 5.89. The van der Waals surface area contributed by atoms with Gasteiger partial charge in [0.05, 0.1) is 11.2 Å². The third-order valence-corrected chi connectivity index (χ3v) is 3.92. The van der Waals surface area contributed by atoms with Crippen LogP contribution < -0.4 is 0 Å². The van der Waals surface area contributed by atoms with E-state index in [1.165, 1.54) is 16.6 Å². The number of pyridine rings is 1. The normalized spacial score (nSPS) is 16.5. The Morgan fingerprint density at radius 1 is 1.53 bits per heavy atom. The molecule has 92 valence electrons. The summed E-state index contributed by atoms with van der Waals surface area (Å²) in [5, 5.41) is 10.6. The molecule has 0 saturated carbocycles. The molecular formula is C9H11N3O4S. The Hall–Kier alpha value is -1.54. The lowest BCUT2D eigenvalue weighted by atomic mass is 10.1. The lowest BCUT2D eigenvalue weighted by Gasteiger charge is -2.25. The van der Waals surface area contributed by atoms with Crippen LogP contribution in [0.4, 0.5) is 5.69 Å². The highest BCUT2D eigenvalue weighted by molar-refractivity contribution is 7.88. The maximum Gasteiger partial charge on any atom is 0.287 e. The minimum atomic E-state index is -3.27. The first-order valence-electron chi connectivity index (χ1n) is 4.95. The number of aromatic nitrogens is 1. The Morgan fingerprint density at radius 2 is 2.24 bits per heavy atom. The zero-order valence-corrected chi connectivity index (χ0v) is 9.98. The first kappa shape index (κ1) is 11.9. The molecule has 0 amide bonds. The van der Waals surface area contributed by atoms with Crippen LogP contribution in [-0.4, -0.2) is 35.4 Å². The van der Waals surface area contributed by atoms with Crippen molar-refractivity contribution in [2.75, 3.05) is 12.8 Å². The van der Waals surface area contributed by atoms with E-state index in [0.717, 1.165) is 11.9 Å². The first-order chi connectivity index (χ1) is 7.88. The van der Waals surface area contributed by atoms with Gasteiger partial charge in [-0.05, 0) is 5.56 Å². The van der Waals surface area contributed by atoms with Crippen molar-refractivity contribution in [3.63, 3.8) is 0 Å². The maximum atomic E-state index is 11.4. The molecule has 0 atom stereocenters. The highest BCUT2D eigenvalue weighted by atomic mass is 32.2. The smallest absolute Gasteiger partial charge is 0.258 e. The minimum absolute atomic E-state index is 0.112. The number of fused-ring (bicyclic) bond motifs is 1. The quantitative estimate of drug-likeness (QED) is 0.561. The fourth-order valence-electron chi connectivity index (χ4n) is 1.77. The molecule has 1 aromatic rings. The lowest BCUT2D eigenvalue weighted by molar-refractivity contribution is -0.385. The van der Waals surface area contributed by atoms with Crippen LogP contribution in [0.15, 0.2) is 12.3 Å². The number of hydrogen-bond acceptors (Lipinski definition) is 5. The third kappa shape index (κ3) is 2.42. The fraction of sp³-hybridized carbons (Fsp3) is 0.444. The predicted molar refractivity (Wildman–Crippen MR) is 59.8 cm³/mol. The summed E-state index contributed by atoms with van der Waals surface area (Å²) >= 11 is 0. The van der Waals surface area contributed by atoms with E-state index in [2.05, 4.69) is 4.98 Å². The van der Waals surface area contributed by atoms with Crippen molar-refractivity contribution in [1.29, 1.82) is 0 Å². The van der Waals surface area contributed by atoms with E-state index in [-0.39, 0.29) is 12.2 Å². The van der Waals surface area contributed by atoms with Gasteiger partial charge in [-0.15, -0.1) is 0 Å². The summed E-state index contributed by atoms with van der Waals surface area (Å²) in [5.74, 6) is 0. The van der Waals surface area contributed by atoms with Gasteiger partial charge in [0.25, 0.3) is 5.69 Å². The van der Waals surface area contributed by atoms with Crippen molar-refractivity contribution in [2.45, 2.75) is 13.0 Å². The van der Waals surface area contributed by atoms with Gasteiger partial charge >= 0.3 is 0 Å². The molecule has 2 rings (SSSR count). The topological polar surface area (TPSA) is 93.4 Å². The number of nitro groups is 1. The van der Waals surface area contributed by atoms with Crippen molar-refractivity contribution >= 4 is 15.7 Å². The number of nitrogens with zero attached hydrogens (tertiary/aromatic N) is 3. The largest absolute Gasteiger partial charge is 0.287 e. The molecule has 1 aromatic heterocycles. The summed E-state index contributed by atoms with van der Waals surface area (Å²) in [6, 6.07) is 1.39.